The first-order chi connectivity index (χ1) is 18.9. The summed E-state index contributed by atoms with van der Waals surface area (Å²) in [5, 5.41) is 15.6. The van der Waals surface area contributed by atoms with E-state index in [9.17, 15) is 22.7 Å². The number of aliphatic hydroxyl groups is 1. The third-order valence-electron chi connectivity index (χ3n) is 8.11. The molecule has 2 aromatic rings. The highest BCUT2D eigenvalue weighted by Crippen LogP contribution is 2.43. The number of carbonyl (C=O) groups is 1. The van der Waals surface area contributed by atoms with Crippen LogP contribution in [-0.2, 0) is 19.6 Å². The van der Waals surface area contributed by atoms with Gasteiger partial charge in [-0.15, -0.1) is 11.3 Å². The number of nitrogens with zero attached hydrogens (tertiary/aromatic N) is 3. The van der Waals surface area contributed by atoms with Crippen LogP contribution in [0.25, 0.3) is 0 Å². The molecule has 1 saturated carbocycles. The molecular formula is C27H32ClFN4O5S2. The normalized spacial score (nSPS) is 24.8. The molecule has 2 aliphatic heterocycles. The molecule has 9 nitrogen and oxygen atoms in total. The van der Waals surface area contributed by atoms with Crippen molar-refractivity contribution in [2.45, 2.75) is 56.4 Å². The molecule has 0 radical (unpaired) electrons. The number of sulfonamides is 1. The average molecular weight is 611 g/mol. The standard InChI is InChI=1S/C27H32ClFN4O5S2/c1-27(2,35)16-12-18(13-16)40(36,37)33-9-6-15(7-10-33)22-21(26(34)38-3)23(19-5-4-17(29)14-20(19)28)32-24(31-22)25-30-8-11-39-25/h4-5,8,11,14-16,18,23,35H,6-7,9-10,12-13H2,1-3H3,(H,31,32)/t16-,18-,23?. The largest absolute Gasteiger partial charge is 0.466 e. The zero-order chi connectivity index (χ0) is 28.8. The molecular weight excluding hydrogens is 579 g/mol. The highest BCUT2D eigenvalue weighted by molar-refractivity contribution is 7.89. The van der Waals surface area contributed by atoms with Crippen molar-refractivity contribution in [2.75, 3.05) is 20.2 Å². The first kappa shape index (κ1) is 29.1. The number of aromatic nitrogens is 1. The molecule has 1 aliphatic carbocycles. The van der Waals surface area contributed by atoms with E-state index in [4.69, 9.17) is 21.3 Å². The number of rotatable bonds is 7. The van der Waals surface area contributed by atoms with Crippen LogP contribution in [-0.4, -0.2) is 65.7 Å². The number of ether oxygens (including phenoxy) is 1. The molecule has 0 bridgehead atoms. The summed E-state index contributed by atoms with van der Waals surface area (Å²) in [6.07, 6.45) is 3.48. The lowest BCUT2D eigenvalue weighted by Gasteiger charge is -2.44. The Morgan fingerprint density at radius 1 is 1.27 bits per heavy atom. The van der Waals surface area contributed by atoms with E-state index in [1.165, 1.54) is 41.0 Å². The van der Waals surface area contributed by atoms with Crippen molar-refractivity contribution in [3.8, 4) is 0 Å². The number of nitrogens with one attached hydrogen (secondary N) is 1. The summed E-state index contributed by atoms with van der Waals surface area (Å²) < 4.78 is 47.2. The van der Waals surface area contributed by atoms with Gasteiger partial charge in [-0.2, -0.15) is 0 Å². The van der Waals surface area contributed by atoms with Gasteiger partial charge in [0.05, 0.1) is 23.5 Å². The predicted molar refractivity (Wildman–Crippen MR) is 151 cm³/mol. The van der Waals surface area contributed by atoms with Crippen LogP contribution in [0.2, 0.25) is 5.02 Å². The lowest BCUT2D eigenvalue weighted by molar-refractivity contribution is -0.136. The van der Waals surface area contributed by atoms with E-state index in [1.807, 2.05) is 5.38 Å². The van der Waals surface area contributed by atoms with Crippen molar-refractivity contribution in [3.05, 3.63) is 62.5 Å². The highest BCUT2D eigenvalue weighted by Gasteiger charge is 2.48. The number of allylic oxidation sites excluding steroid dienone is 1. The lowest BCUT2D eigenvalue weighted by atomic mass is 9.74. The minimum Gasteiger partial charge on any atom is -0.466 e. The Balaban J connectivity index is 1.44. The number of piperidine rings is 1. The van der Waals surface area contributed by atoms with Crippen LogP contribution in [0.3, 0.4) is 0 Å². The van der Waals surface area contributed by atoms with Crippen molar-refractivity contribution < 1.29 is 27.4 Å². The monoisotopic (exact) mass is 610 g/mol. The fourth-order valence-electron chi connectivity index (χ4n) is 5.61. The van der Waals surface area contributed by atoms with Crippen LogP contribution in [0.15, 0.2) is 46.0 Å². The Kier molecular flexibility index (Phi) is 8.10. The molecule has 13 heteroatoms. The van der Waals surface area contributed by atoms with Gasteiger partial charge in [0.2, 0.25) is 10.0 Å². The van der Waals surface area contributed by atoms with E-state index >= 15 is 0 Å². The molecule has 216 valence electrons. The summed E-state index contributed by atoms with van der Waals surface area (Å²) >= 11 is 7.81. The van der Waals surface area contributed by atoms with E-state index in [1.54, 1.807) is 20.0 Å². The van der Waals surface area contributed by atoms with Gasteiger partial charge in [0.15, 0.2) is 10.8 Å². The molecule has 1 aromatic heterocycles. The lowest BCUT2D eigenvalue weighted by Crippen LogP contribution is -2.52. The maximum absolute atomic E-state index is 13.9. The minimum absolute atomic E-state index is 0.0391. The minimum atomic E-state index is -3.51. The number of carbonyl (C=O) groups excluding carboxylic acids is 1. The van der Waals surface area contributed by atoms with Gasteiger partial charge in [0.1, 0.15) is 11.9 Å². The Labute approximate surface area is 242 Å². The van der Waals surface area contributed by atoms with E-state index < -0.39 is 38.7 Å². The van der Waals surface area contributed by atoms with Crippen molar-refractivity contribution >= 4 is 44.8 Å². The summed E-state index contributed by atoms with van der Waals surface area (Å²) in [5.41, 5.74) is 0.385. The SMILES string of the molecule is COC(=O)C1=C(C2CCN(S(=O)(=O)[C@H]3C[C@H](C(C)(C)O)C3)CC2)NC(c2nccs2)=NC1c1ccc(F)cc1Cl. The average Bonchev–Trinajstić information content (AvgIpc) is 3.41. The molecule has 0 spiro atoms. The number of aliphatic imine (C=N–C) groups is 1. The zero-order valence-electron chi connectivity index (χ0n) is 22.4. The van der Waals surface area contributed by atoms with Crippen LogP contribution in [0.5, 0.6) is 0 Å². The second kappa shape index (κ2) is 11.1. The Morgan fingerprint density at radius 3 is 2.55 bits per heavy atom. The molecule has 1 atom stereocenters. The number of thiazole rings is 1. The smallest absolute Gasteiger partial charge is 0.338 e. The van der Waals surface area contributed by atoms with E-state index in [-0.39, 0.29) is 22.4 Å². The molecule has 1 unspecified atom stereocenters. The number of methoxy groups -OCH3 is 1. The van der Waals surface area contributed by atoms with Gasteiger partial charge in [-0.1, -0.05) is 17.7 Å². The first-order valence-electron chi connectivity index (χ1n) is 13.1. The van der Waals surface area contributed by atoms with Crippen molar-refractivity contribution in [1.29, 1.82) is 0 Å². The molecule has 0 amide bonds. The first-order valence-corrected chi connectivity index (χ1v) is 15.9. The number of amidine groups is 1. The molecule has 3 heterocycles. The predicted octanol–water partition coefficient (Wildman–Crippen LogP) is 4.05. The molecule has 2 N–H and O–H groups in total. The van der Waals surface area contributed by atoms with Gasteiger partial charge in [-0.05, 0) is 57.6 Å². The number of hydrogen-bond donors (Lipinski definition) is 2. The summed E-state index contributed by atoms with van der Waals surface area (Å²) in [6, 6.07) is 3.08. The van der Waals surface area contributed by atoms with Crippen LogP contribution >= 0.6 is 22.9 Å². The number of benzene rings is 1. The van der Waals surface area contributed by atoms with E-state index in [0.29, 0.717) is 60.9 Å². The summed E-state index contributed by atoms with van der Waals surface area (Å²) in [6.45, 7) is 4.01. The van der Waals surface area contributed by atoms with Crippen molar-refractivity contribution in [3.63, 3.8) is 0 Å². The molecule has 1 aromatic carbocycles. The van der Waals surface area contributed by atoms with Gasteiger partial charge < -0.3 is 15.2 Å². The van der Waals surface area contributed by atoms with Crippen LogP contribution < -0.4 is 5.32 Å². The van der Waals surface area contributed by atoms with Crippen LogP contribution in [0, 0.1) is 17.7 Å². The maximum atomic E-state index is 13.9. The van der Waals surface area contributed by atoms with Gasteiger partial charge in [-0.3, -0.25) is 4.99 Å². The zero-order valence-corrected chi connectivity index (χ0v) is 24.8. The second-order valence-corrected chi connectivity index (χ2v) is 14.5. The second-order valence-electron chi connectivity index (χ2n) is 11.0. The fourth-order valence-corrected chi connectivity index (χ4v) is 8.57. The van der Waals surface area contributed by atoms with Crippen LogP contribution in [0.4, 0.5) is 4.39 Å². The highest BCUT2D eigenvalue weighted by atomic mass is 35.5. The van der Waals surface area contributed by atoms with Gasteiger partial charge in [-0.25, -0.2) is 26.9 Å². The fraction of sp³-hybridized carbons (Fsp3) is 0.519. The number of halogens is 2. The Morgan fingerprint density at radius 2 is 1.98 bits per heavy atom. The molecule has 3 aliphatic rings. The van der Waals surface area contributed by atoms with Crippen molar-refractivity contribution in [2.24, 2.45) is 16.8 Å². The molecule has 2 fully saturated rings. The molecule has 1 saturated heterocycles. The molecule has 5 rings (SSSR count). The third-order valence-corrected chi connectivity index (χ3v) is 11.5. The van der Waals surface area contributed by atoms with Crippen molar-refractivity contribution in [1.82, 2.24) is 14.6 Å². The number of hydrogen-bond acceptors (Lipinski definition) is 9. The third kappa shape index (κ3) is 5.56. The van der Waals surface area contributed by atoms with Crippen LogP contribution in [0.1, 0.15) is 56.1 Å². The van der Waals surface area contributed by atoms with E-state index in [0.717, 1.165) is 0 Å². The summed E-state index contributed by atoms with van der Waals surface area (Å²) in [5.74, 6) is -0.896. The summed E-state index contributed by atoms with van der Waals surface area (Å²) in [4.78, 5) is 22.3. The quantitative estimate of drug-likeness (QED) is 0.454. The van der Waals surface area contributed by atoms with Gasteiger partial charge in [0, 0.05) is 46.9 Å². The number of esters is 1. The Bertz CT molecular complexity index is 1440. The molecule has 40 heavy (non-hydrogen) atoms. The van der Waals surface area contributed by atoms with Gasteiger partial charge in [0.25, 0.3) is 0 Å². The summed E-state index contributed by atoms with van der Waals surface area (Å²) in [7, 11) is -2.22. The Hall–Kier alpha value is -2.38. The maximum Gasteiger partial charge on any atom is 0.338 e. The van der Waals surface area contributed by atoms with E-state index in [2.05, 4.69) is 10.3 Å². The topological polar surface area (TPSA) is 121 Å². The van der Waals surface area contributed by atoms with Gasteiger partial charge >= 0.3 is 5.97 Å².